The Morgan fingerprint density at radius 1 is 0.955 bits per heavy atom. The second-order valence-electron chi connectivity index (χ2n) is 15.4. The fraction of sp³-hybridized carbons (Fsp3) is 0.543. The first-order valence-corrected chi connectivity index (χ1v) is 25.0. The van der Waals surface area contributed by atoms with Gasteiger partial charge in [-0.3, -0.25) is 42.1 Å². The number of nitrogens with two attached hydrogens (primary N) is 1. The van der Waals surface area contributed by atoms with E-state index in [9.17, 15) is 72.6 Å². The minimum absolute atomic E-state index is 0.00236. The number of ketones is 2. The van der Waals surface area contributed by atoms with Gasteiger partial charge in [0, 0.05) is 37.1 Å². The molecule has 27 nitrogen and oxygen atoms in total. The van der Waals surface area contributed by atoms with Gasteiger partial charge in [-0.1, -0.05) is 37.7 Å². The van der Waals surface area contributed by atoms with Gasteiger partial charge in [-0.2, -0.15) is 4.31 Å². The summed E-state index contributed by atoms with van der Waals surface area (Å²) in [6.07, 6.45) is -6.16. The van der Waals surface area contributed by atoms with E-state index < -0.39 is 108 Å². The maximum atomic E-state index is 12.8. The first kappa shape index (κ1) is 54.5. The van der Waals surface area contributed by atoms with Gasteiger partial charge in [0.25, 0.3) is 0 Å². The third kappa shape index (κ3) is 16.0. The lowest BCUT2D eigenvalue weighted by Crippen LogP contribution is -2.46. The molecule has 31 heteroatoms. The molecule has 3 aromatic rings. The number of phenolic OH excluding ortho intramolecular Hbond substituents is 1. The van der Waals surface area contributed by atoms with Gasteiger partial charge in [0.1, 0.15) is 53.6 Å². The maximum absolute atomic E-state index is 12.8. The van der Waals surface area contributed by atoms with Crippen molar-refractivity contribution in [3.63, 3.8) is 0 Å². The molecule has 3 heterocycles. The summed E-state index contributed by atoms with van der Waals surface area (Å²) in [5.74, 6) is -2.34. The monoisotopic (exact) mass is 1010 g/mol. The van der Waals surface area contributed by atoms with Crippen LogP contribution in [0.4, 0.5) is 5.82 Å². The number of amides is 2. The molecule has 366 valence electrons. The van der Waals surface area contributed by atoms with Gasteiger partial charge in [-0.25, -0.2) is 28.6 Å². The third-order valence-corrected chi connectivity index (χ3v) is 13.6. The molecule has 1 aliphatic heterocycles. The van der Waals surface area contributed by atoms with Gasteiger partial charge < -0.3 is 56.0 Å². The van der Waals surface area contributed by atoms with Crippen molar-refractivity contribution < 1.29 is 95.2 Å². The molecule has 1 aromatic carbocycles. The smallest absolute Gasteiger partial charge is 0.481 e. The number of benzene rings is 1. The van der Waals surface area contributed by atoms with Gasteiger partial charge in [-0.15, -0.1) is 0 Å². The SMILES string of the molecule is CC(C)(COP(=O)(O)OP(=O)(O)OCC1OC(C)(n2cnc3c(N)ncnc32)C(O)C1OP(=O)(O)O)C(O)C(=O)NCCC(=O)NCCSC(=O)CC(=O)CC(=O)CCc1ccc(O)cc1. The number of hydrogen-bond acceptors (Lipinski definition) is 21. The minimum Gasteiger partial charge on any atom is -0.508 e. The van der Waals surface area contributed by atoms with E-state index in [0.717, 1.165) is 34.5 Å². The Labute approximate surface area is 379 Å². The number of ether oxygens (including phenoxy) is 1. The highest BCUT2D eigenvalue weighted by Crippen LogP contribution is 2.61. The number of nitrogens with one attached hydrogen (secondary N) is 2. The number of imidazole rings is 1. The van der Waals surface area contributed by atoms with Crippen LogP contribution in [0.3, 0.4) is 0 Å². The zero-order chi connectivity index (χ0) is 49.3. The second-order valence-corrected chi connectivity index (χ2v) is 20.8. The molecule has 0 spiro atoms. The summed E-state index contributed by atoms with van der Waals surface area (Å²) < 4.78 is 62.8. The van der Waals surface area contributed by atoms with Crippen molar-refractivity contribution in [1.82, 2.24) is 30.2 Å². The van der Waals surface area contributed by atoms with Crippen molar-refractivity contribution in [2.75, 3.05) is 37.8 Å². The van der Waals surface area contributed by atoms with Crippen LogP contribution >= 0.6 is 35.2 Å². The quantitative estimate of drug-likeness (QED) is 0.0289. The summed E-state index contributed by atoms with van der Waals surface area (Å²) in [5, 5.41) is 35.4. The van der Waals surface area contributed by atoms with Crippen molar-refractivity contribution in [1.29, 1.82) is 0 Å². The number of aromatic nitrogens is 4. The number of aryl methyl sites for hydroxylation is 1. The van der Waals surface area contributed by atoms with E-state index in [4.69, 9.17) is 24.0 Å². The lowest BCUT2D eigenvalue weighted by atomic mass is 9.87. The number of phosphoric ester groups is 3. The molecule has 1 saturated heterocycles. The van der Waals surface area contributed by atoms with Crippen LogP contribution < -0.4 is 16.4 Å². The molecule has 2 amide bonds. The summed E-state index contributed by atoms with van der Waals surface area (Å²) >= 11 is 0.781. The highest BCUT2D eigenvalue weighted by molar-refractivity contribution is 8.13. The van der Waals surface area contributed by atoms with E-state index >= 15 is 0 Å². The van der Waals surface area contributed by atoms with Crippen molar-refractivity contribution in [3.8, 4) is 5.75 Å². The average Bonchev–Trinajstić information content (AvgIpc) is 3.76. The Morgan fingerprint density at radius 3 is 2.29 bits per heavy atom. The van der Waals surface area contributed by atoms with Crippen molar-refractivity contribution in [2.24, 2.45) is 5.41 Å². The van der Waals surface area contributed by atoms with E-state index in [0.29, 0.717) is 6.42 Å². The van der Waals surface area contributed by atoms with Crippen molar-refractivity contribution >= 4 is 80.7 Å². The first-order valence-electron chi connectivity index (χ1n) is 19.5. The van der Waals surface area contributed by atoms with Crippen molar-refractivity contribution in [2.45, 2.75) is 83.0 Å². The summed E-state index contributed by atoms with van der Waals surface area (Å²) in [6.45, 7) is 1.29. The number of anilines is 1. The van der Waals surface area contributed by atoms with Gasteiger partial charge in [-0.05, 0) is 31.0 Å². The van der Waals surface area contributed by atoms with Crippen LogP contribution in [0.25, 0.3) is 11.2 Å². The Hall–Kier alpha value is -4.08. The fourth-order valence-corrected chi connectivity index (χ4v) is 9.65. The highest BCUT2D eigenvalue weighted by atomic mass is 32.2. The molecule has 11 N–H and O–H groups in total. The van der Waals surface area contributed by atoms with Crippen LogP contribution in [0.1, 0.15) is 52.0 Å². The van der Waals surface area contributed by atoms with E-state index in [1.165, 1.54) is 32.9 Å². The zero-order valence-electron chi connectivity index (χ0n) is 35.4. The molecular weight excluding hydrogens is 963 g/mol. The highest BCUT2D eigenvalue weighted by Gasteiger charge is 2.57. The molecule has 0 radical (unpaired) electrons. The van der Waals surface area contributed by atoms with Crippen LogP contribution in [0.2, 0.25) is 0 Å². The number of aliphatic hydroxyl groups excluding tert-OH is 2. The molecule has 7 atom stereocenters. The maximum Gasteiger partial charge on any atom is 0.481 e. The number of nitrogen functional groups attached to an aromatic ring is 1. The molecule has 0 aliphatic carbocycles. The average molecular weight is 1010 g/mol. The summed E-state index contributed by atoms with van der Waals surface area (Å²) in [7, 11) is -16.6. The number of fused-ring (bicyclic) bond motifs is 1. The number of rotatable bonds is 26. The molecule has 66 heavy (non-hydrogen) atoms. The molecule has 7 unspecified atom stereocenters. The predicted molar refractivity (Wildman–Crippen MR) is 227 cm³/mol. The lowest BCUT2D eigenvalue weighted by Gasteiger charge is -2.30. The summed E-state index contributed by atoms with van der Waals surface area (Å²) in [4.78, 5) is 113. The number of hydrogen-bond donors (Lipinski definition) is 10. The number of Topliss-reactive ketones (excluding diaryl/α,β-unsaturated/α-hetero) is 2. The number of nitrogens with zero attached hydrogens (tertiary/aromatic N) is 4. The Kier molecular flexibility index (Phi) is 18.8. The van der Waals surface area contributed by atoms with Gasteiger partial charge in [0.15, 0.2) is 22.3 Å². The summed E-state index contributed by atoms with van der Waals surface area (Å²) in [5.41, 5.74) is 3.00. The van der Waals surface area contributed by atoms with Crippen LogP contribution in [0.5, 0.6) is 5.75 Å². The zero-order valence-corrected chi connectivity index (χ0v) is 38.9. The second kappa shape index (κ2) is 22.8. The Balaban J connectivity index is 1.16. The summed E-state index contributed by atoms with van der Waals surface area (Å²) in [6, 6.07) is 6.27. The van der Waals surface area contributed by atoms with Gasteiger partial charge in [0.05, 0.1) is 32.4 Å². The minimum atomic E-state index is -5.63. The van der Waals surface area contributed by atoms with Crippen LogP contribution in [0, 0.1) is 5.41 Å². The first-order chi connectivity index (χ1) is 30.6. The number of aliphatic hydroxyl groups is 2. The number of phenols is 1. The Morgan fingerprint density at radius 2 is 1.62 bits per heavy atom. The van der Waals surface area contributed by atoms with Crippen LogP contribution in [-0.2, 0) is 72.4 Å². The molecule has 0 bridgehead atoms. The molecule has 2 aromatic heterocycles. The third-order valence-electron chi connectivity index (χ3n) is 9.62. The molecule has 1 fully saturated rings. The normalized spacial score (nSPS) is 21.1. The van der Waals surface area contributed by atoms with E-state index in [2.05, 4.69) is 29.9 Å². The van der Waals surface area contributed by atoms with Gasteiger partial charge in [0.2, 0.25) is 11.8 Å². The number of aromatic hydroxyl groups is 1. The largest absolute Gasteiger partial charge is 0.508 e. The number of carbonyl (C=O) groups excluding carboxylic acids is 5. The van der Waals surface area contributed by atoms with Gasteiger partial charge >= 0.3 is 23.5 Å². The van der Waals surface area contributed by atoms with E-state index in [1.807, 2.05) is 0 Å². The number of carbonyl (C=O) groups is 5. The molecular formula is C35H50N7O20P3S. The van der Waals surface area contributed by atoms with E-state index in [-0.39, 0.29) is 60.2 Å². The predicted octanol–water partition coefficient (Wildman–Crippen LogP) is 0.0956. The van der Waals surface area contributed by atoms with Crippen LogP contribution in [0.15, 0.2) is 36.9 Å². The Bertz CT molecular complexity index is 2390. The standard InChI is InChI=1S/C35H50N7O20P3S/c1-34(2,30(49)33(50)38-11-10-25(46)37-12-13-66-26(47)15-23(45)14-22(44)9-6-20-4-7-21(43)8-5-20)17-59-65(56,57)62-64(54,55)58-16-24-28(61-63(51,52)53)29(48)35(3,60-24)42-19-41-27-31(36)39-18-40-32(27)42/h4-5,7-8,18-19,24,28-30,43,48-49H,6,9-17H2,1-3H3,(H,37,46)(H,38,50)(H,54,55)(H,56,57)(H2,36,39,40)(H2,51,52,53). The number of phosphoric acid groups is 3. The van der Waals surface area contributed by atoms with E-state index in [1.54, 1.807) is 12.1 Å². The fourth-order valence-electron chi connectivity index (χ4n) is 6.14. The molecule has 4 rings (SSSR count). The molecule has 0 saturated carbocycles. The topological polar surface area (TPSA) is 418 Å². The molecule has 1 aliphatic rings. The van der Waals surface area contributed by atoms with Crippen molar-refractivity contribution in [3.05, 3.63) is 42.5 Å². The number of thioether (sulfide) groups is 1. The van der Waals surface area contributed by atoms with Crippen LogP contribution in [-0.4, -0.2) is 139 Å². The lowest BCUT2D eigenvalue weighted by molar-refractivity contribution is -0.137.